The first-order chi connectivity index (χ1) is 6.06. The Bertz CT molecular complexity index is 113. The highest BCUT2D eigenvalue weighted by Gasteiger charge is 2.07. The number of carbonyl (C=O) groups is 1. The molecule has 0 saturated carbocycles. The summed E-state index contributed by atoms with van der Waals surface area (Å²) >= 11 is 0. The molecule has 0 N–H and O–H groups in total. The fourth-order valence-corrected chi connectivity index (χ4v) is 0.584. The van der Waals surface area contributed by atoms with E-state index in [1.165, 1.54) is 0 Å². The SMILES string of the molecule is C1COCCO1.CC(C)(C)OC=O. The second-order valence-electron chi connectivity index (χ2n) is 3.55. The molecule has 0 atom stereocenters. The lowest BCUT2D eigenvalue weighted by Gasteiger charge is -2.14. The van der Waals surface area contributed by atoms with Crippen molar-refractivity contribution in [2.75, 3.05) is 26.4 Å². The van der Waals surface area contributed by atoms with Gasteiger partial charge in [0, 0.05) is 0 Å². The van der Waals surface area contributed by atoms with Gasteiger partial charge in [-0.05, 0) is 20.8 Å². The molecule has 0 radical (unpaired) electrons. The van der Waals surface area contributed by atoms with Crippen LogP contribution in [-0.2, 0) is 19.0 Å². The first-order valence-corrected chi connectivity index (χ1v) is 4.33. The van der Waals surface area contributed by atoms with Crippen molar-refractivity contribution in [2.45, 2.75) is 26.4 Å². The highest BCUT2D eigenvalue weighted by Crippen LogP contribution is 2.02. The van der Waals surface area contributed by atoms with Crippen LogP contribution in [0.25, 0.3) is 0 Å². The Kier molecular flexibility index (Phi) is 6.54. The van der Waals surface area contributed by atoms with Crippen molar-refractivity contribution in [2.24, 2.45) is 0 Å². The first kappa shape index (κ1) is 12.4. The summed E-state index contributed by atoms with van der Waals surface area (Å²) in [5.41, 5.74) is -0.318. The van der Waals surface area contributed by atoms with E-state index in [4.69, 9.17) is 9.47 Å². The zero-order chi connectivity index (χ0) is 10.2. The predicted octanol–water partition coefficient (Wildman–Crippen LogP) is 0.991. The molecule has 1 aliphatic rings. The highest BCUT2D eigenvalue weighted by molar-refractivity contribution is 5.37. The number of rotatable bonds is 1. The number of ether oxygens (including phenoxy) is 3. The van der Waals surface area contributed by atoms with E-state index in [1.807, 2.05) is 20.8 Å². The molecule has 4 nitrogen and oxygen atoms in total. The molecule has 0 aromatic heterocycles. The quantitative estimate of drug-likeness (QED) is 0.578. The van der Waals surface area contributed by atoms with Gasteiger partial charge in [-0.1, -0.05) is 0 Å². The summed E-state index contributed by atoms with van der Waals surface area (Å²) in [5, 5.41) is 0. The van der Waals surface area contributed by atoms with Gasteiger partial charge in [0.25, 0.3) is 6.47 Å². The van der Waals surface area contributed by atoms with Crippen molar-refractivity contribution in [3.63, 3.8) is 0 Å². The fraction of sp³-hybridized carbons (Fsp3) is 0.889. The summed E-state index contributed by atoms with van der Waals surface area (Å²) in [6, 6.07) is 0. The molecule has 1 rings (SSSR count). The summed E-state index contributed by atoms with van der Waals surface area (Å²) in [4.78, 5) is 9.60. The van der Waals surface area contributed by atoms with Gasteiger partial charge in [-0.15, -0.1) is 0 Å². The van der Waals surface area contributed by atoms with Crippen molar-refractivity contribution < 1.29 is 19.0 Å². The van der Waals surface area contributed by atoms with Gasteiger partial charge in [-0.2, -0.15) is 0 Å². The van der Waals surface area contributed by atoms with Gasteiger partial charge in [0.1, 0.15) is 5.60 Å². The molecule has 0 bridgehead atoms. The monoisotopic (exact) mass is 190 g/mol. The van der Waals surface area contributed by atoms with Crippen molar-refractivity contribution in [3.8, 4) is 0 Å². The molecule has 13 heavy (non-hydrogen) atoms. The van der Waals surface area contributed by atoms with Gasteiger partial charge in [0.2, 0.25) is 0 Å². The van der Waals surface area contributed by atoms with Crippen molar-refractivity contribution in [1.82, 2.24) is 0 Å². The summed E-state index contributed by atoms with van der Waals surface area (Å²) in [5.74, 6) is 0. The molecule has 0 aliphatic carbocycles. The second-order valence-corrected chi connectivity index (χ2v) is 3.55. The molecule has 78 valence electrons. The zero-order valence-corrected chi connectivity index (χ0v) is 8.54. The summed E-state index contributed by atoms with van der Waals surface area (Å²) in [6.07, 6.45) is 0. The lowest BCUT2D eigenvalue weighted by Crippen LogP contribution is -2.17. The topological polar surface area (TPSA) is 44.8 Å². The number of carbonyl (C=O) groups excluding carboxylic acids is 1. The van der Waals surface area contributed by atoms with Crippen molar-refractivity contribution in [3.05, 3.63) is 0 Å². The van der Waals surface area contributed by atoms with Gasteiger partial charge in [0.15, 0.2) is 0 Å². The van der Waals surface area contributed by atoms with Crippen LogP contribution in [0.4, 0.5) is 0 Å². The van der Waals surface area contributed by atoms with Crippen molar-refractivity contribution in [1.29, 1.82) is 0 Å². The van der Waals surface area contributed by atoms with E-state index in [-0.39, 0.29) is 5.60 Å². The minimum absolute atomic E-state index is 0.318. The smallest absolute Gasteiger partial charge is 0.293 e. The third-order valence-corrected chi connectivity index (χ3v) is 1.15. The van der Waals surface area contributed by atoms with Gasteiger partial charge in [-0.3, -0.25) is 4.79 Å². The largest absolute Gasteiger partial charge is 0.462 e. The Balaban J connectivity index is 0.000000223. The number of hydrogen-bond acceptors (Lipinski definition) is 4. The molecule has 1 saturated heterocycles. The molecule has 0 unspecified atom stereocenters. The van der Waals surface area contributed by atoms with Crippen LogP contribution in [-0.4, -0.2) is 38.5 Å². The average Bonchev–Trinajstić information content (AvgIpc) is 2.06. The molecular formula is C9H18O4. The zero-order valence-electron chi connectivity index (χ0n) is 8.54. The number of hydrogen-bond donors (Lipinski definition) is 0. The van der Waals surface area contributed by atoms with Gasteiger partial charge in [-0.25, -0.2) is 0 Å². The summed E-state index contributed by atoms with van der Waals surface area (Å²) in [7, 11) is 0. The molecular weight excluding hydrogens is 172 g/mol. The second kappa shape index (κ2) is 6.86. The van der Waals surface area contributed by atoms with E-state index in [9.17, 15) is 4.79 Å². The summed E-state index contributed by atoms with van der Waals surface area (Å²) < 4.78 is 14.4. The van der Waals surface area contributed by atoms with Crippen LogP contribution in [0, 0.1) is 0 Å². The molecule has 1 heterocycles. The lowest BCUT2D eigenvalue weighted by atomic mass is 10.2. The molecule has 4 heteroatoms. The average molecular weight is 190 g/mol. The van der Waals surface area contributed by atoms with Crippen LogP contribution < -0.4 is 0 Å². The normalized spacial score (nSPS) is 16.8. The Labute approximate surface area is 79.2 Å². The third kappa shape index (κ3) is 11.4. The van der Waals surface area contributed by atoms with E-state index in [0.29, 0.717) is 6.47 Å². The fourth-order valence-electron chi connectivity index (χ4n) is 0.584. The molecule has 0 amide bonds. The Morgan fingerprint density at radius 3 is 1.54 bits per heavy atom. The minimum atomic E-state index is -0.318. The van der Waals surface area contributed by atoms with E-state index in [1.54, 1.807) is 0 Å². The summed E-state index contributed by atoms with van der Waals surface area (Å²) in [6.45, 7) is 9.03. The molecule has 0 aromatic carbocycles. The lowest BCUT2D eigenvalue weighted by molar-refractivity contribution is -0.138. The van der Waals surface area contributed by atoms with Crippen LogP contribution in [0.3, 0.4) is 0 Å². The van der Waals surface area contributed by atoms with Gasteiger partial charge in [0.05, 0.1) is 26.4 Å². The highest BCUT2D eigenvalue weighted by atomic mass is 16.6. The Hall–Kier alpha value is -0.610. The molecule has 0 spiro atoms. The van der Waals surface area contributed by atoms with Crippen LogP contribution in [0.1, 0.15) is 20.8 Å². The van der Waals surface area contributed by atoms with E-state index >= 15 is 0 Å². The molecule has 0 aromatic rings. The van der Waals surface area contributed by atoms with E-state index in [0.717, 1.165) is 26.4 Å². The van der Waals surface area contributed by atoms with Gasteiger partial charge < -0.3 is 14.2 Å². The maximum atomic E-state index is 9.60. The van der Waals surface area contributed by atoms with Crippen molar-refractivity contribution >= 4 is 6.47 Å². The maximum absolute atomic E-state index is 9.60. The standard InChI is InChI=1S/C5H10O2.C4H8O2/c1-5(2,3)7-4-6;1-2-6-4-3-5-1/h4H,1-3H3;1-4H2. The van der Waals surface area contributed by atoms with Crippen LogP contribution in [0.15, 0.2) is 0 Å². The van der Waals surface area contributed by atoms with Crippen LogP contribution in [0.5, 0.6) is 0 Å². The van der Waals surface area contributed by atoms with Crippen LogP contribution in [0.2, 0.25) is 0 Å². The maximum Gasteiger partial charge on any atom is 0.293 e. The van der Waals surface area contributed by atoms with E-state index in [2.05, 4.69) is 4.74 Å². The van der Waals surface area contributed by atoms with Crippen LogP contribution >= 0.6 is 0 Å². The van der Waals surface area contributed by atoms with Gasteiger partial charge >= 0.3 is 0 Å². The predicted molar refractivity (Wildman–Crippen MR) is 48.5 cm³/mol. The Morgan fingerprint density at radius 1 is 1.08 bits per heavy atom. The third-order valence-electron chi connectivity index (χ3n) is 1.15. The molecule has 1 aliphatic heterocycles. The molecule has 1 fully saturated rings. The Morgan fingerprint density at radius 2 is 1.46 bits per heavy atom. The minimum Gasteiger partial charge on any atom is -0.462 e. The van der Waals surface area contributed by atoms with E-state index < -0.39 is 0 Å². The first-order valence-electron chi connectivity index (χ1n) is 4.33.